The molecule has 3 aromatic carbocycles. The zero-order chi connectivity index (χ0) is 30.8. The lowest BCUT2D eigenvalue weighted by molar-refractivity contribution is -0.123. The highest BCUT2D eigenvalue weighted by Gasteiger charge is 2.35. The van der Waals surface area contributed by atoms with Crippen molar-refractivity contribution in [3.8, 4) is 17.2 Å². The van der Waals surface area contributed by atoms with Gasteiger partial charge in [0.2, 0.25) is 0 Å². The van der Waals surface area contributed by atoms with E-state index in [4.69, 9.17) is 14.2 Å². The van der Waals surface area contributed by atoms with Gasteiger partial charge in [-0.3, -0.25) is 19.2 Å². The normalized spacial score (nSPS) is 18.7. The second-order valence-electron chi connectivity index (χ2n) is 10.6. The van der Waals surface area contributed by atoms with Crippen molar-refractivity contribution in [2.24, 2.45) is 0 Å². The number of piperidine rings is 1. The third kappa shape index (κ3) is 5.91. The standard InChI is InChI=1S/C32H29FN4O7/c1-42-27-7-6-19-12-28(27)43-17-29(38)34-14-18-10-20(33)13-21(11-18)44-26-8-9-37(16-25(26)36-30(19)39)32(41)24-15-35-31(40)23-5-3-2-4-22(23)24/h2-7,10-13,15,25-26H,8-9,14,16-17H2,1H3,(H,34,38)(H,35,40)(H,36,39)/t25-,26+/m0/s1. The van der Waals surface area contributed by atoms with Crippen LogP contribution in [0, 0.1) is 5.82 Å². The Bertz CT molecular complexity index is 1820. The first-order valence-electron chi connectivity index (χ1n) is 14.0. The molecule has 1 aromatic heterocycles. The van der Waals surface area contributed by atoms with Crippen molar-refractivity contribution in [3.05, 3.63) is 99.7 Å². The summed E-state index contributed by atoms with van der Waals surface area (Å²) < 4.78 is 31.8. The van der Waals surface area contributed by atoms with Crippen molar-refractivity contribution in [1.82, 2.24) is 20.5 Å². The first-order chi connectivity index (χ1) is 21.3. The van der Waals surface area contributed by atoms with Crippen molar-refractivity contribution in [2.75, 3.05) is 26.8 Å². The zero-order valence-corrected chi connectivity index (χ0v) is 23.7. The number of fused-ring (bicyclic) bond motifs is 6. The van der Waals surface area contributed by atoms with Gasteiger partial charge >= 0.3 is 0 Å². The third-order valence-corrected chi connectivity index (χ3v) is 7.69. The summed E-state index contributed by atoms with van der Waals surface area (Å²) in [6, 6.07) is 14.9. The number of rotatable bonds is 2. The average molecular weight is 601 g/mol. The Labute approximate surface area is 250 Å². The number of benzene rings is 3. The Kier molecular flexibility index (Phi) is 7.88. The molecule has 4 bridgehead atoms. The highest BCUT2D eigenvalue weighted by Crippen LogP contribution is 2.29. The van der Waals surface area contributed by atoms with Gasteiger partial charge in [-0.2, -0.15) is 0 Å². The summed E-state index contributed by atoms with van der Waals surface area (Å²) in [7, 11) is 1.44. The van der Waals surface area contributed by atoms with E-state index in [0.717, 1.165) is 0 Å². The lowest BCUT2D eigenvalue weighted by atomic mass is 9.99. The monoisotopic (exact) mass is 600 g/mol. The lowest BCUT2D eigenvalue weighted by Gasteiger charge is -2.39. The van der Waals surface area contributed by atoms with Crippen molar-refractivity contribution in [3.63, 3.8) is 0 Å². The Morgan fingerprint density at radius 3 is 2.68 bits per heavy atom. The van der Waals surface area contributed by atoms with Crippen LogP contribution in [0.15, 0.2) is 71.7 Å². The molecule has 2 atom stereocenters. The maximum Gasteiger partial charge on any atom is 0.258 e. The van der Waals surface area contributed by atoms with Crippen molar-refractivity contribution in [1.29, 1.82) is 0 Å². The van der Waals surface area contributed by atoms with Gasteiger partial charge in [0, 0.05) is 54.7 Å². The number of carbonyl (C=O) groups excluding carboxylic acids is 3. The molecule has 0 radical (unpaired) electrons. The number of ether oxygens (including phenoxy) is 3. The van der Waals surface area contributed by atoms with Gasteiger partial charge in [0.25, 0.3) is 23.3 Å². The minimum atomic E-state index is -0.694. The van der Waals surface area contributed by atoms with Crippen LogP contribution in [-0.2, 0) is 11.3 Å². The summed E-state index contributed by atoms with van der Waals surface area (Å²) in [4.78, 5) is 56.3. The van der Waals surface area contributed by atoms with E-state index in [1.807, 2.05) is 0 Å². The molecule has 2 aliphatic heterocycles. The summed E-state index contributed by atoms with van der Waals surface area (Å²) in [6.45, 7) is 0.0392. The number of hydrogen-bond acceptors (Lipinski definition) is 7. The van der Waals surface area contributed by atoms with E-state index in [9.17, 15) is 23.6 Å². The van der Waals surface area contributed by atoms with Crippen LogP contribution in [0.25, 0.3) is 10.8 Å². The number of nitrogens with one attached hydrogen (secondary N) is 3. The number of aromatic nitrogens is 1. The van der Waals surface area contributed by atoms with Gasteiger partial charge in [0.05, 0.1) is 18.7 Å². The molecule has 44 heavy (non-hydrogen) atoms. The fraction of sp³-hybridized carbons (Fsp3) is 0.250. The van der Waals surface area contributed by atoms with Crippen LogP contribution in [-0.4, -0.2) is 66.6 Å². The van der Waals surface area contributed by atoms with Crippen LogP contribution in [0.5, 0.6) is 17.2 Å². The molecule has 11 nitrogen and oxygen atoms in total. The number of aromatic amines is 1. The smallest absolute Gasteiger partial charge is 0.258 e. The second kappa shape index (κ2) is 12.1. The summed E-state index contributed by atoms with van der Waals surface area (Å²) in [5.74, 6) is -1.06. The van der Waals surface area contributed by atoms with Gasteiger partial charge in [0.15, 0.2) is 18.1 Å². The number of likely N-dealkylation sites (tertiary alicyclic amines) is 1. The van der Waals surface area contributed by atoms with E-state index in [-0.39, 0.29) is 54.8 Å². The highest BCUT2D eigenvalue weighted by molar-refractivity contribution is 6.06. The van der Waals surface area contributed by atoms with Crippen LogP contribution >= 0.6 is 0 Å². The molecule has 4 aromatic rings. The van der Waals surface area contributed by atoms with Crippen LogP contribution in [0.2, 0.25) is 0 Å². The van der Waals surface area contributed by atoms with E-state index >= 15 is 0 Å². The van der Waals surface area contributed by atoms with E-state index in [1.165, 1.54) is 31.5 Å². The Morgan fingerprint density at radius 2 is 1.86 bits per heavy atom. The average Bonchev–Trinajstić information content (AvgIpc) is 3.02. The molecule has 2 aliphatic rings. The molecular formula is C32H29FN4O7. The fourth-order valence-corrected chi connectivity index (χ4v) is 5.49. The first-order valence-corrected chi connectivity index (χ1v) is 14.0. The van der Waals surface area contributed by atoms with Gasteiger partial charge in [0.1, 0.15) is 17.7 Å². The van der Waals surface area contributed by atoms with E-state index < -0.39 is 29.8 Å². The second-order valence-corrected chi connectivity index (χ2v) is 10.6. The lowest BCUT2D eigenvalue weighted by Crippen LogP contribution is -2.58. The molecule has 3 N–H and O–H groups in total. The van der Waals surface area contributed by atoms with E-state index in [1.54, 1.807) is 47.4 Å². The van der Waals surface area contributed by atoms with Gasteiger partial charge in [-0.25, -0.2) is 4.39 Å². The minimum absolute atomic E-state index is 0.0354. The Balaban J connectivity index is 1.34. The molecule has 0 unspecified atom stereocenters. The minimum Gasteiger partial charge on any atom is -0.493 e. The Hall–Kier alpha value is -5.39. The van der Waals surface area contributed by atoms with Crippen molar-refractivity contribution in [2.45, 2.75) is 25.1 Å². The first kappa shape index (κ1) is 28.7. The summed E-state index contributed by atoms with van der Waals surface area (Å²) in [5, 5.41) is 6.58. The van der Waals surface area contributed by atoms with Gasteiger partial charge in [-0.15, -0.1) is 0 Å². The summed E-state index contributed by atoms with van der Waals surface area (Å²) in [6.07, 6.45) is 1.10. The van der Waals surface area contributed by atoms with Crippen LogP contribution in [0.4, 0.5) is 4.39 Å². The van der Waals surface area contributed by atoms with Crippen LogP contribution in [0.3, 0.4) is 0 Å². The number of nitrogens with zero attached hydrogens (tertiary/aromatic N) is 1. The highest BCUT2D eigenvalue weighted by atomic mass is 19.1. The quantitative estimate of drug-likeness (QED) is 0.322. The SMILES string of the molecule is COc1ccc2cc1OCC(=O)NCc1cc(F)cc(c1)O[C@@H]1CCN(C(=O)c3c[nH]c(=O)c4ccccc34)C[C@@H]1NC2=O. The number of hydrogen-bond donors (Lipinski definition) is 3. The summed E-state index contributed by atoms with van der Waals surface area (Å²) in [5.41, 5.74) is 0.729. The molecule has 6 rings (SSSR count). The molecule has 3 amide bonds. The molecule has 0 spiro atoms. The predicted molar refractivity (Wildman–Crippen MR) is 157 cm³/mol. The number of H-pyrrole nitrogens is 1. The largest absolute Gasteiger partial charge is 0.493 e. The molecule has 1 saturated heterocycles. The van der Waals surface area contributed by atoms with Gasteiger partial charge < -0.3 is 34.7 Å². The molecular weight excluding hydrogens is 571 g/mol. The predicted octanol–water partition coefficient (Wildman–Crippen LogP) is 2.78. The molecule has 0 saturated carbocycles. The Morgan fingerprint density at radius 1 is 1.05 bits per heavy atom. The number of halogens is 1. The zero-order valence-electron chi connectivity index (χ0n) is 23.7. The molecule has 3 heterocycles. The van der Waals surface area contributed by atoms with Crippen molar-refractivity contribution >= 4 is 28.5 Å². The molecule has 12 heteroatoms. The molecule has 226 valence electrons. The van der Waals surface area contributed by atoms with Crippen molar-refractivity contribution < 1.29 is 33.0 Å². The number of pyridine rings is 1. The topological polar surface area (TPSA) is 139 Å². The molecule has 1 fully saturated rings. The number of methoxy groups -OCH3 is 1. The van der Waals surface area contributed by atoms with Crippen LogP contribution in [0.1, 0.15) is 32.7 Å². The number of carbonyl (C=O) groups is 3. The molecule has 0 aliphatic carbocycles. The van der Waals surface area contributed by atoms with Crippen LogP contribution < -0.4 is 30.4 Å². The maximum atomic E-state index is 14.6. The van der Waals surface area contributed by atoms with E-state index in [0.29, 0.717) is 34.1 Å². The fourth-order valence-electron chi connectivity index (χ4n) is 5.49. The van der Waals surface area contributed by atoms with Gasteiger partial charge in [-0.1, -0.05) is 18.2 Å². The van der Waals surface area contributed by atoms with E-state index in [2.05, 4.69) is 15.6 Å². The maximum absolute atomic E-state index is 14.6. The van der Waals surface area contributed by atoms with Gasteiger partial charge in [-0.05, 0) is 42.0 Å². The summed E-state index contributed by atoms with van der Waals surface area (Å²) >= 11 is 0. The number of amides is 3. The third-order valence-electron chi connectivity index (χ3n) is 7.69.